The summed E-state index contributed by atoms with van der Waals surface area (Å²) >= 11 is 0. The van der Waals surface area contributed by atoms with Gasteiger partial charge in [0.25, 0.3) is 0 Å². The summed E-state index contributed by atoms with van der Waals surface area (Å²) in [6.07, 6.45) is 8.63. The van der Waals surface area contributed by atoms with Crippen molar-refractivity contribution < 1.29 is 4.79 Å². The molecule has 18 heavy (non-hydrogen) atoms. The number of carbonyl (C=O) groups excluding carboxylic acids is 1. The molecule has 3 rings (SSSR count). The molecule has 0 N–H and O–H groups in total. The Labute approximate surface area is 111 Å². The Morgan fingerprint density at radius 3 is 2.56 bits per heavy atom. The van der Waals surface area contributed by atoms with Gasteiger partial charge in [0.1, 0.15) is 5.78 Å². The van der Waals surface area contributed by atoms with Crippen LogP contribution in [0.4, 0.5) is 0 Å². The van der Waals surface area contributed by atoms with Crippen LogP contribution in [0, 0.1) is 5.92 Å². The van der Waals surface area contributed by atoms with Crippen LogP contribution in [-0.4, -0.2) is 54.3 Å². The molecule has 3 aliphatic rings. The van der Waals surface area contributed by atoms with E-state index in [0.717, 1.165) is 31.8 Å². The van der Waals surface area contributed by atoms with Gasteiger partial charge in [-0.25, -0.2) is 0 Å². The molecule has 0 aromatic carbocycles. The summed E-state index contributed by atoms with van der Waals surface area (Å²) in [5.41, 5.74) is 0. The maximum atomic E-state index is 11.7. The molecule has 2 saturated heterocycles. The second kappa shape index (κ2) is 5.70. The van der Waals surface area contributed by atoms with Crippen LogP contribution in [0.2, 0.25) is 0 Å². The van der Waals surface area contributed by atoms with Crippen molar-refractivity contribution in [2.75, 3.05) is 32.7 Å². The third-order valence-electron chi connectivity index (χ3n) is 5.06. The number of nitrogens with zero attached hydrogens (tertiary/aromatic N) is 2. The number of hydrogen-bond donors (Lipinski definition) is 0. The summed E-state index contributed by atoms with van der Waals surface area (Å²) in [6, 6.07) is 0.779. The summed E-state index contributed by atoms with van der Waals surface area (Å²) in [5.74, 6) is 0.890. The zero-order chi connectivity index (χ0) is 12.4. The third-order valence-corrected chi connectivity index (χ3v) is 5.06. The Morgan fingerprint density at radius 1 is 1.00 bits per heavy atom. The molecule has 3 nitrogen and oxygen atoms in total. The summed E-state index contributed by atoms with van der Waals surface area (Å²) in [4.78, 5) is 17.0. The van der Waals surface area contributed by atoms with Crippen LogP contribution in [0.3, 0.4) is 0 Å². The van der Waals surface area contributed by atoms with Gasteiger partial charge in [0.05, 0.1) is 0 Å². The fraction of sp³-hybridized carbons (Fsp3) is 0.933. The van der Waals surface area contributed by atoms with E-state index in [1.54, 1.807) is 0 Å². The van der Waals surface area contributed by atoms with Gasteiger partial charge in [-0.3, -0.25) is 9.69 Å². The monoisotopic (exact) mass is 250 g/mol. The van der Waals surface area contributed by atoms with Crippen LogP contribution < -0.4 is 0 Å². The zero-order valence-electron chi connectivity index (χ0n) is 11.4. The van der Waals surface area contributed by atoms with Gasteiger partial charge in [0, 0.05) is 31.5 Å². The number of carbonyl (C=O) groups is 1. The average Bonchev–Trinajstić information content (AvgIpc) is 3.02. The van der Waals surface area contributed by atoms with Gasteiger partial charge in [-0.1, -0.05) is 6.42 Å². The van der Waals surface area contributed by atoms with Crippen molar-refractivity contribution in [2.45, 2.75) is 51.0 Å². The molecule has 2 heterocycles. The minimum atomic E-state index is 0.366. The Balaban J connectivity index is 1.47. The number of hydrogen-bond acceptors (Lipinski definition) is 3. The van der Waals surface area contributed by atoms with Crippen molar-refractivity contribution in [3.05, 3.63) is 0 Å². The van der Waals surface area contributed by atoms with Gasteiger partial charge in [-0.15, -0.1) is 0 Å². The smallest absolute Gasteiger partial charge is 0.137 e. The number of piperidine rings is 1. The van der Waals surface area contributed by atoms with E-state index in [0.29, 0.717) is 11.7 Å². The summed E-state index contributed by atoms with van der Waals surface area (Å²) in [5, 5.41) is 0. The largest absolute Gasteiger partial charge is 0.301 e. The Hall–Kier alpha value is -0.410. The zero-order valence-corrected chi connectivity index (χ0v) is 11.4. The SMILES string of the molecule is O=C1CCCC1CN1CCC(N2CCCCC2)C1. The number of likely N-dealkylation sites (tertiary alicyclic amines) is 2. The number of Topliss-reactive ketones (excluding diaryl/α,β-unsaturated/α-hetero) is 1. The maximum Gasteiger partial charge on any atom is 0.137 e. The minimum Gasteiger partial charge on any atom is -0.301 e. The lowest BCUT2D eigenvalue weighted by Crippen LogP contribution is -2.41. The highest BCUT2D eigenvalue weighted by Crippen LogP contribution is 2.25. The molecule has 0 radical (unpaired) electrons. The second-order valence-corrected chi connectivity index (χ2v) is 6.35. The molecule has 2 aliphatic heterocycles. The fourth-order valence-electron chi connectivity index (χ4n) is 3.95. The molecule has 0 aromatic rings. The topological polar surface area (TPSA) is 23.6 Å². The van der Waals surface area contributed by atoms with E-state index in [-0.39, 0.29) is 0 Å². The second-order valence-electron chi connectivity index (χ2n) is 6.35. The van der Waals surface area contributed by atoms with Gasteiger partial charge >= 0.3 is 0 Å². The van der Waals surface area contributed by atoms with E-state index in [9.17, 15) is 4.79 Å². The average molecular weight is 250 g/mol. The van der Waals surface area contributed by atoms with Crippen LogP contribution in [-0.2, 0) is 4.79 Å². The molecule has 1 aliphatic carbocycles. The van der Waals surface area contributed by atoms with E-state index in [4.69, 9.17) is 0 Å². The Bertz CT molecular complexity index is 299. The van der Waals surface area contributed by atoms with Crippen molar-refractivity contribution >= 4 is 5.78 Å². The first-order valence-corrected chi connectivity index (χ1v) is 7.82. The van der Waals surface area contributed by atoms with E-state index in [1.807, 2.05) is 0 Å². The van der Waals surface area contributed by atoms with E-state index in [1.165, 1.54) is 51.9 Å². The van der Waals surface area contributed by atoms with E-state index in [2.05, 4.69) is 9.80 Å². The molecule has 102 valence electrons. The lowest BCUT2D eigenvalue weighted by molar-refractivity contribution is -0.121. The molecule has 0 spiro atoms. The van der Waals surface area contributed by atoms with Crippen molar-refractivity contribution in [1.29, 1.82) is 0 Å². The maximum absolute atomic E-state index is 11.7. The molecular weight excluding hydrogens is 224 g/mol. The summed E-state index contributed by atoms with van der Waals surface area (Å²) < 4.78 is 0. The van der Waals surface area contributed by atoms with Gasteiger partial charge < -0.3 is 4.90 Å². The quantitative estimate of drug-likeness (QED) is 0.764. The first-order valence-electron chi connectivity index (χ1n) is 7.82. The number of rotatable bonds is 3. The predicted molar refractivity (Wildman–Crippen MR) is 72.6 cm³/mol. The van der Waals surface area contributed by atoms with Gasteiger partial charge in [0.15, 0.2) is 0 Å². The first kappa shape index (κ1) is 12.6. The molecule has 0 bridgehead atoms. The highest BCUT2D eigenvalue weighted by Gasteiger charge is 2.32. The molecule has 2 atom stereocenters. The van der Waals surface area contributed by atoms with Crippen LogP contribution in [0.5, 0.6) is 0 Å². The lowest BCUT2D eigenvalue weighted by Gasteiger charge is -2.32. The third kappa shape index (κ3) is 2.77. The molecule has 0 amide bonds. The van der Waals surface area contributed by atoms with Crippen molar-refractivity contribution in [1.82, 2.24) is 9.80 Å². The standard InChI is InChI=1S/C15H26N2O/c18-15-6-4-5-13(15)11-16-10-7-14(12-16)17-8-2-1-3-9-17/h13-14H,1-12H2. The molecule has 1 saturated carbocycles. The Morgan fingerprint density at radius 2 is 1.83 bits per heavy atom. The van der Waals surface area contributed by atoms with Crippen molar-refractivity contribution in [2.24, 2.45) is 5.92 Å². The first-order chi connectivity index (χ1) is 8.83. The van der Waals surface area contributed by atoms with Crippen molar-refractivity contribution in [3.8, 4) is 0 Å². The molecule has 3 heteroatoms. The fourth-order valence-corrected chi connectivity index (χ4v) is 3.95. The predicted octanol–water partition coefficient (Wildman–Crippen LogP) is 1.92. The van der Waals surface area contributed by atoms with Crippen LogP contribution >= 0.6 is 0 Å². The van der Waals surface area contributed by atoms with Crippen LogP contribution in [0.1, 0.15) is 44.9 Å². The van der Waals surface area contributed by atoms with Gasteiger partial charge in [0.2, 0.25) is 0 Å². The van der Waals surface area contributed by atoms with E-state index < -0.39 is 0 Å². The highest BCUT2D eigenvalue weighted by molar-refractivity contribution is 5.83. The highest BCUT2D eigenvalue weighted by atomic mass is 16.1. The Kier molecular flexibility index (Phi) is 4.00. The molecular formula is C15H26N2O. The van der Waals surface area contributed by atoms with Gasteiger partial charge in [-0.2, -0.15) is 0 Å². The number of ketones is 1. The minimum absolute atomic E-state index is 0.366. The normalized spacial score (nSPS) is 35.4. The van der Waals surface area contributed by atoms with E-state index >= 15 is 0 Å². The van der Waals surface area contributed by atoms with Crippen LogP contribution in [0.25, 0.3) is 0 Å². The molecule has 3 fully saturated rings. The lowest BCUT2D eigenvalue weighted by atomic mass is 10.1. The van der Waals surface area contributed by atoms with Crippen LogP contribution in [0.15, 0.2) is 0 Å². The summed E-state index contributed by atoms with van der Waals surface area (Å²) in [6.45, 7) is 6.08. The van der Waals surface area contributed by atoms with Gasteiger partial charge in [-0.05, 0) is 51.7 Å². The molecule has 0 aromatic heterocycles. The molecule has 2 unspecified atom stereocenters. The van der Waals surface area contributed by atoms with Crippen molar-refractivity contribution in [3.63, 3.8) is 0 Å². The summed E-state index contributed by atoms with van der Waals surface area (Å²) in [7, 11) is 0.